The average molecular weight is 500 g/mol. The van der Waals surface area contributed by atoms with Crippen molar-refractivity contribution in [3.63, 3.8) is 0 Å². The quantitative estimate of drug-likeness (QED) is 0.294. The van der Waals surface area contributed by atoms with E-state index in [0.717, 1.165) is 21.7 Å². The maximum Gasteiger partial charge on any atom is 0.280 e. The van der Waals surface area contributed by atoms with Crippen LogP contribution in [0.25, 0.3) is 10.9 Å². The van der Waals surface area contributed by atoms with Gasteiger partial charge in [0.05, 0.1) is 24.8 Å². The number of hydrogen-bond acceptors (Lipinski definition) is 5. The molecule has 1 amide bonds. The number of nitrogens with one attached hydrogen (secondary N) is 1. The van der Waals surface area contributed by atoms with E-state index >= 15 is 0 Å². The molecule has 1 aromatic heterocycles. The predicted molar refractivity (Wildman–Crippen MR) is 135 cm³/mol. The second kappa shape index (κ2) is 9.87. The Morgan fingerprint density at radius 3 is 2.47 bits per heavy atom. The second-order valence-electron chi connectivity index (χ2n) is 7.49. The molecule has 1 N–H and O–H groups in total. The number of ether oxygens (including phenoxy) is 2. The Labute approximate surface area is 206 Å². The van der Waals surface area contributed by atoms with Crippen LogP contribution in [-0.4, -0.2) is 36.0 Å². The molecule has 0 aliphatic carbocycles. The highest BCUT2D eigenvalue weighted by molar-refractivity contribution is 7.97. The third kappa shape index (κ3) is 4.64. The number of carbonyl (C=O) groups is 1. The SMILES string of the molecule is COc1ccc(SN(C)C(=O)c2cc3c(Nc4ccc(F)c(OC)c4)ccc(Cl)c3n2C)cc1. The second-order valence-corrected chi connectivity index (χ2v) is 9.10. The van der Waals surface area contributed by atoms with Gasteiger partial charge in [-0.3, -0.25) is 9.10 Å². The van der Waals surface area contributed by atoms with Crippen LogP contribution in [0.15, 0.2) is 65.6 Å². The maximum atomic E-state index is 13.8. The van der Waals surface area contributed by atoms with E-state index in [2.05, 4.69) is 5.32 Å². The largest absolute Gasteiger partial charge is 0.497 e. The molecule has 3 aromatic carbocycles. The lowest BCUT2D eigenvalue weighted by molar-refractivity contribution is 0.0883. The van der Waals surface area contributed by atoms with Gasteiger partial charge in [-0.1, -0.05) is 11.6 Å². The molecule has 1 heterocycles. The van der Waals surface area contributed by atoms with Crippen molar-refractivity contribution in [2.75, 3.05) is 26.6 Å². The Morgan fingerprint density at radius 2 is 1.79 bits per heavy atom. The summed E-state index contributed by atoms with van der Waals surface area (Å²) in [6.07, 6.45) is 0. The molecular formula is C25H23ClFN3O3S. The number of nitrogens with zero attached hydrogens (tertiary/aromatic N) is 2. The lowest BCUT2D eigenvalue weighted by Gasteiger charge is -2.16. The van der Waals surface area contributed by atoms with Crippen LogP contribution in [0.4, 0.5) is 15.8 Å². The van der Waals surface area contributed by atoms with E-state index in [1.54, 1.807) is 54.3 Å². The van der Waals surface area contributed by atoms with Gasteiger partial charge in [-0.2, -0.15) is 0 Å². The summed E-state index contributed by atoms with van der Waals surface area (Å²) in [6.45, 7) is 0. The first-order valence-corrected chi connectivity index (χ1v) is 11.5. The van der Waals surface area contributed by atoms with Crippen LogP contribution >= 0.6 is 23.5 Å². The van der Waals surface area contributed by atoms with Gasteiger partial charge in [0.2, 0.25) is 0 Å². The highest BCUT2D eigenvalue weighted by Crippen LogP contribution is 2.36. The van der Waals surface area contributed by atoms with Crippen molar-refractivity contribution in [3.8, 4) is 11.5 Å². The first kappa shape index (κ1) is 23.8. The predicted octanol–water partition coefficient (Wildman–Crippen LogP) is 6.51. The number of halogens is 2. The van der Waals surface area contributed by atoms with E-state index in [9.17, 15) is 9.18 Å². The fourth-order valence-electron chi connectivity index (χ4n) is 3.63. The lowest BCUT2D eigenvalue weighted by Crippen LogP contribution is -2.21. The molecule has 9 heteroatoms. The van der Waals surface area contributed by atoms with Crippen molar-refractivity contribution in [2.45, 2.75) is 4.90 Å². The Balaban J connectivity index is 1.65. The maximum absolute atomic E-state index is 13.8. The van der Waals surface area contributed by atoms with Crippen molar-refractivity contribution in [2.24, 2.45) is 7.05 Å². The van der Waals surface area contributed by atoms with Crippen molar-refractivity contribution >= 4 is 51.7 Å². The topological polar surface area (TPSA) is 55.7 Å². The van der Waals surface area contributed by atoms with Crippen molar-refractivity contribution in [1.82, 2.24) is 8.87 Å². The summed E-state index contributed by atoms with van der Waals surface area (Å²) in [4.78, 5) is 14.2. The highest BCUT2D eigenvalue weighted by atomic mass is 35.5. The highest BCUT2D eigenvalue weighted by Gasteiger charge is 2.21. The first-order valence-electron chi connectivity index (χ1n) is 10.3. The first-order chi connectivity index (χ1) is 16.3. The summed E-state index contributed by atoms with van der Waals surface area (Å²) >= 11 is 7.82. The number of anilines is 2. The molecule has 0 saturated heterocycles. The van der Waals surface area contributed by atoms with Gasteiger partial charge >= 0.3 is 0 Å². The number of benzene rings is 3. The molecule has 0 bridgehead atoms. The Bertz CT molecular complexity index is 1360. The molecule has 0 aliphatic rings. The van der Waals surface area contributed by atoms with Crippen LogP contribution in [0.3, 0.4) is 0 Å². The molecule has 34 heavy (non-hydrogen) atoms. The molecule has 0 atom stereocenters. The van der Waals surface area contributed by atoms with E-state index in [1.165, 1.54) is 25.1 Å². The standard InChI is InChI=1S/C25H23ClFN3O3S/c1-29-22(25(31)30(2)34-17-8-6-16(32-3)7-9-17)14-18-21(12-10-19(26)24(18)29)28-15-5-11-20(27)23(13-15)33-4/h5-14,28H,1-4H3. The molecule has 4 aromatic rings. The number of methoxy groups -OCH3 is 2. The Kier molecular flexibility index (Phi) is 6.90. The van der Waals surface area contributed by atoms with Crippen LogP contribution in [0.5, 0.6) is 11.5 Å². The van der Waals surface area contributed by atoms with Crippen LogP contribution in [0, 0.1) is 5.82 Å². The smallest absolute Gasteiger partial charge is 0.280 e. The number of amides is 1. The van der Waals surface area contributed by atoms with Gasteiger partial charge < -0.3 is 19.4 Å². The zero-order valence-electron chi connectivity index (χ0n) is 19.1. The molecule has 0 radical (unpaired) electrons. The summed E-state index contributed by atoms with van der Waals surface area (Å²) < 4.78 is 27.4. The van der Waals surface area contributed by atoms with E-state index in [4.69, 9.17) is 21.1 Å². The fourth-order valence-corrected chi connectivity index (χ4v) is 4.67. The number of aryl methyl sites for hydroxylation is 1. The van der Waals surface area contributed by atoms with E-state index < -0.39 is 5.82 Å². The van der Waals surface area contributed by atoms with E-state index in [1.807, 2.05) is 30.3 Å². The van der Waals surface area contributed by atoms with Gasteiger partial charge in [0.15, 0.2) is 11.6 Å². The van der Waals surface area contributed by atoms with Gasteiger partial charge in [-0.15, -0.1) is 0 Å². The normalized spacial score (nSPS) is 10.9. The van der Waals surface area contributed by atoms with Crippen molar-refractivity contribution in [3.05, 3.63) is 77.2 Å². The lowest BCUT2D eigenvalue weighted by atomic mass is 10.2. The summed E-state index contributed by atoms with van der Waals surface area (Å²) in [5.74, 6) is 0.265. The summed E-state index contributed by atoms with van der Waals surface area (Å²) in [5, 5.41) is 4.56. The Hall–Kier alpha value is -3.36. The molecule has 0 aliphatic heterocycles. The van der Waals surface area contributed by atoms with Gasteiger partial charge in [0.25, 0.3) is 5.91 Å². The van der Waals surface area contributed by atoms with Crippen LogP contribution < -0.4 is 14.8 Å². The number of rotatable bonds is 7. The van der Waals surface area contributed by atoms with Crippen LogP contribution in [-0.2, 0) is 7.05 Å². The molecule has 176 valence electrons. The van der Waals surface area contributed by atoms with Crippen molar-refractivity contribution < 1.29 is 18.7 Å². The number of aromatic nitrogens is 1. The Morgan fingerprint density at radius 1 is 1.06 bits per heavy atom. The number of fused-ring (bicyclic) bond motifs is 1. The minimum atomic E-state index is -0.445. The fraction of sp³-hybridized carbons (Fsp3) is 0.160. The monoisotopic (exact) mass is 499 g/mol. The molecule has 4 rings (SSSR count). The summed E-state index contributed by atoms with van der Waals surface area (Å²) in [6, 6.07) is 17.4. The number of hydrogen-bond donors (Lipinski definition) is 1. The van der Waals surface area contributed by atoms with Crippen LogP contribution in [0.2, 0.25) is 5.02 Å². The van der Waals surface area contributed by atoms with Gasteiger partial charge in [0.1, 0.15) is 11.4 Å². The molecule has 0 fully saturated rings. The summed E-state index contributed by atoms with van der Waals surface area (Å²) in [5.41, 5.74) is 2.57. The number of carbonyl (C=O) groups excluding carboxylic acids is 1. The molecule has 0 saturated carbocycles. The minimum absolute atomic E-state index is 0.135. The van der Waals surface area contributed by atoms with Gasteiger partial charge in [-0.05, 0) is 66.5 Å². The minimum Gasteiger partial charge on any atom is -0.497 e. The van der Waals surface area contributed by atoms with E-state index in [-0.39, 0.29) is 11.7 Å². The molecular weight excluding hydrogens is 477 g/mol. The molecule has 0 spiro atoms. The van der Waals surface area contributed by atoms with Gasteiger partial charge in [-0.25, -0.2) is 4.39 Å². The van der Waals surface area contributed by atoms with Crippen molar-refractivity contribution in [1.29, 1.82) is 0 Å². The summed E-state index contributed by atoms with van der Waals surface area (Å²) in [7, 11) is 6.55. The third-order valence-corrected chi connectivity index (χ3v) is 6.61. The zero-order valence-corrected chi connectivity index (χ0v) is 20.6. The average Bonchev–Trinajstić information content (AvgIpc) is 3.20. The molecule has 0 unspecified atom stereocenters. The van der Waals surface area contributed by atoms with E-state index in [0.29, 0.717) is 21.9 Å². The van der Waals surface area contributed by atoms with Crippen LogP contribution in [0.1, 0.15) is 10.5 Å². The third-order valence-electron chi connectivity index (χ3n) is 5.38. The van der Waals surface area contributed by atoms with Gasteiger partial charge in [0, 0.05) is 41.8 Å². The zero-order chi connectivity index (χ0) is 24.4. The molecule has 6 nitrogen and oxygen atoms in total.